The van der Waals surface area contributed by atoms with E-state index in [0.29, 0.717) is 0 Å². The summed E-state index contributed by atoms with van der Waals surface area (Å²) in [6.07, 6.45) is 0. The summed E-state index contributed by atoms with van der Waals surface area (Å²) in [4.78, 5) is 0. The van der Waals surface area contributed by atoms with Crippen LogP contribution in [0, 0.1) is 55.4 Å². The van der Waals surface area contributed by atoms with Crippen molar-refractivity contribution in [3.63, 3.8) is 0 Å². The number of nitrogens with two attached hydrogens (primary N) is 4. The summed E-state index contributed by atoms with van der Waals surface area (Å²) < 4.78 is 0. The van der Waals surface area contributed by atoms with E-state index < -0.39 is 0 Å². The highest BCUT2D eigenvalue weighted by molar-refractivity contribution is 5.70. The van der Waals surface area contributed by atoms with Gasteiger partial charge in [0.1, 0.15) is 0 Å². The Balaban J connectivity index is 0.000000240. The minimum absolute atomic E-state index is 0.874. The zero-order valence-corrected chi connectivity index (χ0v) is 16.3. The molecule has 2 aromatic carbocycles. The molecule has 0 aliphatic carbocycles. The first kappa shape index (κ1) is 19.7. The third-order valence-corrected chi connectivity index (χ3v) is 5.48. The number of hydrogen-bond acceptors (Lipinski definition) is 4. The Labute approximate surface area is 146 Å². The molecule has 132 valence electrons. The van der Waals surface area contributed by atoms with Crippen molar-refractivity contribution in [2.24, 2.45) is 0 Å². The maximum Gasteiger partial charge on any atom is 0.0380 e. The minimum atomic E-state index is 0.874. The molecule has 0 aromatic heterocycles. The minimum Gasteiger partial charge on any atom is -0.398 e. The standard InChI is InChI=1S/2C10H16N2/c2*1-5-6(2)10(12)8(4)7(3)9(5)11/h2*11-12H2,1-4H3. The van der Waals surface area contributed by atoms with Gasteiger partial charge in [0.15, 0.2) is 0 Å². The summed E-state index contributed by atoms with van der Waals surface area (Å²) >= 11 is 0. The molecule has 0 aliphatic rings. The fourth-order valence-electron chi connectivity index (χ4n) is 2.74. The molecule has 2 rings (SSSR count). The lowest BCUT2D eigenvalue weighted by Gasteiger charge is -2.14. The molecule has 0 bridgehead atoms. The molecule has 0 spiro atoms. The molecule has 0 radical (unpaired) electrons. The lowest BCUT2D eigenvalue weighted by molar-refractivity contribution is 1.26. The maximum absolute atomic E-state index is 5.90. The average Bonchev–Trinajstić information content (AvgIpc) is 2.58. The van der Waals surface area contributed by atoms with E-state index in [0.717, 1.165) is 67.3 Å². The van der Waals surface area contributed by atoms with Crippen LogP contribution in [-0.2, 0) is 0 Å². The topological polar surface area (TPSA) is 104 Å². The molecular formula is C20H32N4. The molecule has 0 saturated heterocycles. The van der Waals surface area contributed by atoms with Gasteiger partial charge < -0.3 is 22.9 Å². The van der Waals surface area contributed by atoms with Gasteiger partial charge in [-0.05, 0) is 99.9 Å². The van der Waals surface area contributed by atoms with E-state index in [1.54, 1.807) is 0 Å². The van der Waals surface area contributed by atoms with Crippen molar-refractivity contribution >= 4 is 22.7 Å². The number of rotatable bonds is 0. The van der Waals surface area contributed by atoms with Crippen molar-refractivity contribution in [3.05, 3.63) is 44.5 Å². The van der Waals surface area contributed by atoms with E-state index >= 15 is 0 Å². The van der Waals surface area contributed by atoms with Gasteiger partial charge in [-0.3, -0.25) is 0 Å². The van der Waals surface area contributed by atoms with Crippen LogP contribution in [0.25, 0.3) is 0 Å². The van der Waals surface area contributed by atoms with Gasteiger partial charge in [-0.15, -0.1) is 0 Å². The molecule has 0 amide bonds. The van der Waals surface area contributed by atoms with Crippen molar-refractivity contribution in [1.82, 2.24) is 0 Å². The Morgan fingerprint density at radius 1 is 0.292 bits per heavy atom. The maximum atomic E-state index is 5.90. The molecule has 0 saturated carbocycles. The Kier molecular flexibility index (Phi) is 5.77. The van der Waals surface area contributed by atoms with Crippen LogP contribution in [0.2, 0.25) is 0 Å². The normalized spacial score (nSPS) is 10.3. The van der Waals surface area contributed by atoms with Crippen molar-refractivity contribution in [2.75, 3.05) is 22.9 Å². The van der Waals surface area contributed by atoms with Crippen LogP contribution in [-0.4, -0.2) is 0 Å². The van der Waals surface area contributed by atoms with Crippen molar-refractivity contribution in [3.8, 4) is 0 Å². The summed E-state index contributed by atoms with van der Waals surface area (Å²) in [5.41, 5.74) is 35.9. The summed E-state index contributed by atoms with van der Waals surface area (Å²) in [6, 6.07) is 0. The first-order valence-electron chi connectivity index (χ1n) is 8.15. The number of hydrogen-bond donors (Lipinski definition) is 4. The Morgan fingerprint density at radius 3 is 0.458 bits per heavy atom. The third-order valence-electron chi connectivity index (χ3n) is 5.48. The quantitative estimate of drug-likeness (QED) is 0.545. The van der Waals surface area contributed by atoms with Crippen LogP contribution in [0.3, 0.4) is 0 Å². The highest BCUT2D eigenvalue weighted by Crippen LogP contribution is 2.30. The van der Waals surface area contributed by atoms with E-state index in [1.807, 2.05) is 55.4 Å². The first-order valence-corrected chi connectivity index (χ1v) is 8.15. The molecule has 0 atom stereocenters. The summed E-state index contributed by atoms with van der Waals surface area (Å²) in [6.45, 7) is 16.1. The second-order valence-corrected chi connectivity index (χ2v) is 6.65. The monoisotopic (exact) mass is 328 g/mol. The lowest BCUT2D eigenvalue weighted by atomic mass is 9.97. The number of anilines is 4. The predicted octanol–water partition coefficient (Wildman–Crippen LogP) is 4.17. The molecule has 0 aliphatic heterocycles. The van der Waals surface area contributed by atoms with E-state index in [2.05, 4.69) is 0 Å². The van der Waals surface area contributed by atoms with Crippen molar-refractivity contribution in [2.45, 2.75) is 55.4 Å². The van der Waals surface area contributed by atoms with Crippen LogP contribution in [0.4, 0.5) is 22.7 Å². The molecule has 4 heteroatoms. The largest absolute Gasteiger partial charge is 0.398 e. The van der Waals surface area contributed by atoms with Gasteiger partial charge in [-0.2, -0.15) is 0 Å². The summed E-state index contributed by atoms with van der Waals surface area (Å²) in [7, 11) is 0. The molecule has 0 heterocycles. The average molecular weight is 329 g/mol. The lowest BCUT2D eigenvalue weighted by Crippen LogP contribution is -2.04. The summed E-state index contributed by atoms with van der Waals surface area (Å²) in [5, 5.41) is 0. The predicted molar refractivity (Wildman–Crippen MR) is 108 cm³/mol. The van der Waals surface area contributed by atoms with E-state index in [-0.39, 0.29) is 0 Å². The van der Waals surface area contributed by atoms with E-state index in [4.69, 9.17) is 22.9 Å². The molecule has 4 nitrogen and oxygen atoms in total. The van der Waals surface area contributed by atoms with Gasteiger partial charge in [0.05, 0.1) is 0 Å². The molecule has 0 fully saturated rings. The van der Waals surface area contributed by atoms with Crippen molar-refractivity contribution < 1.29 is 0 Å². The molecule has 0 unspecified atom stereocenters. The third kappa shape index (κ3) is 3.28. The SMILES string of the molecule is Cc1c(C)c(N)c(C)c(C)c1N.Cc1c(C)c(N)c(C)c(C)c1N. The van der Waals surface area contributed by atoms with Crippen molar-refractivity contribution in [1.29, 1.82) is 0 Å². The van der Waals surface area contributed by atoms with E-state index in [1.165, 1.54) is 0 Å². The second-order valence-electron chi connectivity index (χ2n) is 6.65. The summed E-state index contributed by atoms with van der Waals surface area (Å²) in [5.74, 6) is 0. The van der Waals surface area contributed by atoms with Gasteiger partial charge in [0, 0.05) is 22.7 Å². The Hall–Kier alpha value is -2.36. The van der Waals surface area contributed by atoms with Crippen LogP contribution in [0.15, 0.2) is 0 Å². The highest BCUT2D eigenvalue weighted by Gasteiger charge is 2.10. The fraction of sp³-hybridized carbons (Fsp3) is 0.400. The number of benzene rings is 2. The van der Waals surface area contributed by atoms with Gasteiger partial charge in [0.25, 0.3) is 0 Å². The van der Waals surface area contributed by atoms with Gasteiger partial charge in [-0.25, -0.2) is 0 Å². The highest BCUT2D eigenvalue weighted by atomic mass is 14.6. The molecule has 24 heavy (non-hydrogen) atoms. The molecule has 2 aromatic rings. The molecule has 8 N–H and O–H groups in total. The van der Waals surface area contributed by atoms with Gasteiger partial charge in [0.2, 0.25) is 0 Å². The second kappa shape index (κ2) is 7.04. The zero-order valence-electron chi connectivity index (χ0n) is 16.3. The molecular weight excluding hydrogens is 296 g/mol. The van der Waals surface area contributed by atoms with Crippen LogP contribution < -0.4 is 22.9 Å². The fourth-order valence-corrected chi connectivity index (χ4v) is 2.74. The van der Waals surface area contributed by atoms with Gasteiger partial charge in [-0.1, -0.05) is 0 Å². The Bertz CT molecular complexity index is 512. The zero-order chi connectivity index (χ0) is 18.9. The number of nitrogen functional groups attached to an aromatic ring is 4. The van der Waals surface area contributed by atoms with Crippen LogP contribution >= 0.6 is 0 Å². The van der Waals surface area contributed by atoms with Gasteiger partial charge >= 0.3 is 0 Å². The van der Waals surface area contributed by atoms with E-state index in [9.17, 15) is 0 Å². The Morgan fingerprint density at radius 2 is 0.375 bits per heavy atom. The smallest absolute Gasteiger partial charge is 0.0380 e. The first-order chi connectivity index (χ1) is 10.9. The van der Waals surface area contributed by atoms with Crippen LogP contribution in [0.1, 0.15) is 44.5 Å². The van der Waals surface area contributed by atoms with Crippen LogP contribution in [0.5, 0.6) is 0 Å².